The third-order valence-corrected chi connectivity index (χ3v) is 14.3. The molecule has 0 radical (unpaired) electrons. The van der Waals surface area contributed by atoms with E-state index in [1.165, 1.54) is 11.0 Å². The number of alkyl carbamates (subject to hydrolysis) is 1. The van der Waals surface area contributed by atoms with Gasteiger partial charge in [-0.2, -0.15) is 0 Å². The van der Waals surface area contributed by atoms with Gasteiger partial charge >= 0.3 is 6.09 Å². The number of aromatic nitrogens is 1. The summed E-state index contributed by atoms with van der Waals surface area (Å²) >= 11 is 0. The number of nitrogens with zero attached hydrogens (tertiary/aromatic N) is 2. The van der Waals surface area contributed by atoms with Crippen molar-refractivity contribution < 1.29 is 51.6 Å². The number of hydrogen-bond donors (Lipinski definition) is 3. The van der Waals surface area contributed by atoms with Crippen molar-refractivity contribution in [1.82, 2.24) is 15.2 Å². The SMILES string of the molecule is CCOc1cc(OC2C[C@@H](C=O)N(C(=O)[C@H](CCCCCCC[C@@H]3C[C@]3(N)P(=O)(O)Cc3c(F)cccc3F)NC(=O)OC3CCCC3)C2)c2ccc(OC)cc2n1. The molecule has 6 rings (SSSR count). The summed E-state index contributed by atoms with van der Waals surface area (Å²) < 4.78 is 64.7. The number of nitrogens with two attached hydrogens (primary N) is 1. The molecule has 2 amide bonds. The number of halogens is 2. The number of benzene rings is 2. The molecule has 2 unspecified atom stereocenters. The van der Waals surface area contributed by atoms with Crippen molar-refractivity contribution >= 4 is 36.6 Å². The molecule has 3 fully saturated rings. The third-order valence-electron chi connectivity index (χ3n) is 11.7. The van der Waals surface area contributed by atoms with Crippen LogP contribution in [0, 0.1) is 17.6 Å². The number of carbonyl (C=O) groups excluding carboxylic acids is 3. The van der Waals surface area contributed by atoms with E-state index in [4.69, 9.17) is 24.7 Å². The van der Waals surface area contributed by atoms with E-state index in [-0.39, 0.29) is 30.9 Å². The molecule has 13 nitrogen and oxygen atoms in total. The number of methoxy groups -OCH3 is 1. The van der Waals surface area contributed by atoms with Gasteiger partial charge in [-0.3, -0.25) is 9.36 Å². The number of amides is 2. The molecule has 4 N–H and O–H groups in total. The summed E-state index contributed by atoms with van der Waals surface area (Å²) in [4.78, 5) is 56.3. The normalized spacial score (nSPS) is 23.3. The maximum atomic E-state index is 14.2. The average molecular weight is 829 g/mol. The fourth-order valence-corrected chi connectivity index (χ4v) is 10.5. The van der Waals surface area contributed by atoms with Crippen molar-refractivity contribution in [3.05, 3.63) is 59.7 Å². The molecule has 1 aliphatic heterocycles. The van der Waals surface area contributed by atoms with E-state index in [0.717, 1.165) is 75.2 Å². The molecule has 2 aromatic carbocycles. The number of aldehydes is 1. The minimum absolute atomic E-state index is 0.127. The summed E-state index contributed by atoms with van der Waals surface area (Å²) in [6, 6.07) is 8.75. The standard InChI is InChI=1S/C42H55F2N4O9P/c1-3-55-39-22-38(32-19-18-30(54-2)21-37(32)46-39)56-31-20-28(25-49)48(24-31)40(50)36(47-41(51)57-29-13-9-10-14-29)17-8-6-4-5-7-12-27-23-42(27,45)58(52,53)26-33-34(43)15-11-16-35(33)44/h11,15-16,18-19,21-22,25,27-29,31,36H,3-10,12-14,17,20,23-24,26,45H2,1-2H3,(H,47,51)(H,52,53)/t27-,28+,31?,36+,42+/m1/s1. The molecule has 16 heteroatoms. The number of pyridine rings is 1. The molecule has 3 aromatic rings. The number of hydrogen-bond acceptors (Lipinski definition) is 10. The monoisotopic (exact) mass is 828 g/mol. The number of fused-ring (bicyclic) bond motifs is 1. The lowest BCUT2D eigenvalue weighted by Gasteiger charge is -2.27. The Hall–Kier alpha value is -4.33. The first-order valence-corrected chi connectivity index (χ1v) is 22.2. The summed E-state index contributed by atoms with van der Waals surface area (Å²) in [5.74, 6) is -0.854. The van der Waals surface area contributed by atoms with Crippen molar-refractivity contribution in [2.24, 2.45) is 11.7 Å². The van der Waals surface area contributed by atoms with E-state index in [9.17, 15) is 32.6 Å². The second-order valence-electron chi connectivity index (χ2n) is 15.8. The number of ether oxygens (including phenoxy) is 4. The molecule has 2 heterocycles. The zero-order chi connectivity index (χ0) is 41.5. The largest absolute Gasteiger partial charge is 0.497 e. The Balaban J connectivity index is 1.03. The molecular formula is C42H55F2N4O9P. The fourth-order valence-electron chi connectivity index (χ4n) is 8.29. The van der Waals surface area contributed by atoms with Crippen LogP contribution >= 0.6 is 7.37 Å². The molecule has 3 aliphatic rings. The minimum Gasteiger partial charge on any atom is -0.497 e. The highest BCUT2D eigenvalue weighted by Crippen LogP contribution is 2.70. The highest BCUT2D eigenvalue weighted by Gasteiger charge is 2.62. The lowest BCUT2D eigenvalue weighted by atomic mass is 10.0. The van der Waals surface area contributed by atoms with Gasteiger partial charge in [0.05, 0.1) is 43.3 Å². The van der Waals surface area contributed by atoms with Gasteiger partial charge in [-0.15, -0.1) is 0 Å². The Bertz CT molecular complexity index is 1960. The molecule has 2 saturated carbocycles. The maximum Gasteiger partial charge on any atom is 0.408 e. The van der Waals surface area contributed by atoms with Crippen molar-refractivity contribution in [2.45, 2.75) is 126 Å². The first kappa shape index (κ1) is 43.3. The van der Waals surface area contributed by atoms with Crippen LogP contribution in [-0.4, -0.2) is 82.9 Å². The molecule has 6 atom stereocenters. The summed E-state index contributed by atoms with van der Waals surface area (Å²) in [5.41, 5.74) is 6.51. The van der Waals surface area contributed by atoms with Gasteiger partial charge in [-0.25, -0.2) is 18.6 Å². The Labute approximate surface area is 337 Å². The Morgan fingerprint density at radius 3 is 2.52 bits per heavy atom. The zero-order valence-corrected chi connectivity index (χ0v) is 34.1. The second-order valence-corrected chi connectivity index (χ2v) is 18.3. The van der Waals surface area contributed by atoms with Crippen LogP contribution in [0.3, 0.4) is 0 Å². The third kappa shape index (κ3) is 10.3. The van der Waals surface area contributed by atoms with Gasteiger partial charge < -0.3 is 44.6 Å². The van der Waals surface area contributed by atoms with Gasteiger partial charge in [-0.05, 0) is 82.1 Å². The Morgan fingerprint density at radius 2 is 1.81 bits per heavy atom. The van der Waals surface area contributed by atoms with E-state index in [1.54, 1.807) is 25.3 Å². The first-order valence-electron chi connectivity index (χ1n) is 20.4. The molecular weight excluding hydrogens is 773 g/mol. The van der Waals surface area contributed by atoms with Crippen LogP contribution in [0.1, 0.15) is 96.0 Å². The lowest BCUT2D eigenvalue weighted by molar-refractivity contribution is -0.136. The molecule has 0 spiro atoms. The van der Waals surface area contributed by atoms with Crippen molar-refractivity contribution in [2.75, 3.05) is 20.3 Å². The quantitative estimate of drug-likeness (QED) is 0.0588. The van der Waals surface area contributed by atoms with Crippen LogP contribution in [0.4, 0.5) is 13.6 Å². The van der Waals surface area contributed by atoms with Crippen LogP contribution in [0.2, 0.25) is 0 Å². The number of rotatable bonds is 20. The molecule has 2 aliphatic carbocycles. The number of nitrogens with one attached hydrogen (secondary N) is 1. The molecule has 58 heavy (non-hydrogen) atoms. The molecule has 316 valence electrons. The van der Waals surface area contributed by atoms with E-state index in [1.807, 2.05) is 13.0 Å². The molecule has 1 aromatic heterocycles. The van der Waals surface area contributed by atoms with Crippen LogP contribution in [0.15, 0.2) is 42.5 Å². The second kappa shape index (κ2) is 19.2. The van der Waals surface area contributed by atoms with Gasteiger partial charge in [0.1, 0.15) is 47.7 Å². The topological polar surface area (TPSA) is 180 Å². The maximum absolute atomic E-state index is 14.2. The van der Waals surface area contributed by atoms with Gasteiger partial charge in [0.25, 0.3) is 0 Å². The predicted octanol–water partition coefficient (Wildman–Crippen LogP) is 7.38. The van der Waals surface area contributed by atoms with Gasteiger partial charge in [0.15, 0.2) is 0 Å². The minimum atomic E-state index is -4.09. The lowest BCUT2D eigenvalue weighted by Crippen LogP contribution is -2.51. The Kier molecular flexibility index (Phi) is 14.3. The number of carbonyl (C=O) groups is 3. The van der Waals surface area contributed by atoms with E-state index < -0.39 is 60.3 Å². The number of unbranched alkanes of at least 4 members (excludes halogenated alkanes) is 4. The highest BCUT2D eigenvalue weighted by molar-refractivity contribution is 7.59. The summed E-state index contributed by atoms with van der Waals surface area (Å²) in [6.07, 6.45) is 7.44. The first-order chi connectivity index (χ1) is 27.8. The van der Waals surface area contributed by atoms with Gasteiger partial charge in [0, 0.05) is 29.5 Å². The summed E-state index contributed by atoms with van der Waals surface area (Å²) in [5, 5.41) is 2.16. The predicted molar refractivity (Wildman–Crippen MR) is 213 cm³/mol. The van der Waals surface area contributed by atoms with Crippen LogP contribution < -0.4 is 25.3 Å². The van der Waals surface area contributed by atoms with Crippen LogP contribution in [0.5, 0.6) is 17.4 Å². The van der Waals surface area contributed by atoms with Crippen molar-refractivity contribution in [3.63, 3.8) is 0 Å². The van der Waals surface area contributed by atoms with Crippen molar-refractivity contribution in [1.29, 1.82) is 0 Å². The van der Waals surface area contributed by atoms with Crippen molar-refractivity contribution in [3.8, 4) is 17.4 Å². The summed E-state index contributed by atoms with van der Waals surface area (Å²) in [6.45, 7) is 2.37. The highest BCUT2D eigenvalue weighted by atomic mass is 31.2. The van der Waals surface area contributed by atoms with E-state index in [0.29, 0.717) is 55.2 Å². The average Bonchev–Trinajstić information content (AvgIpc) is 3.47. The Morgan fingerprint density at radius 1 is 1.09 bits per heavy atom. The van der Waals surface area contributed by atoms with Gasteiger partial charge in [-0.1, -0.05) is 38.2 Å². The van der Waals surface area contributed by atoms with E-state index in [2.05, 4.69) is 10.3 Å². The van der Waals surface area contributed by atoms with Gasteiger partial charge in [0.2, 0.25) is 19.2 Å². The van der Waals surface area contributed by atoms with Crippen LogP contribution in [0.25, 0.3) is 10.9 Å². The molecule has 0 bridgehead atoms. The number of likely N-dealkylation sites (tertiary alicyclic amines) is 1. The molecule has 1 saturated heterocycles. The summed E-state index contributed by atoms with van der Waals surface area (Å²) in [7, 11) is -2.52. The van der Waals surface area contributed by atoms with Crippen LogP contribution in [-0.2, 0) is 25.1 Å². The zero-order valence-electron chi connectivity index (χ0n) is 33.2. The fraction of sp³-hybridized carbons (Fsp3) is 0.571. The smallest absolute Gasteiger partial charge is 0.408 e. The van der Waals surface area contributed by atoms with E-state index >= 15 is 0 Å².